The second-order valence-corrected chi connectivity index (χ2v) is 4.69. The number of rotatable bonds is 4. The van der Waals surface area contributed by atoms with E-state index in [1.165, 1.54) is 6.92 Å². The molecule has 1 N–H and O–H groups in total. The zero-order valence-electron chi connectivity index (χ0n) is 9.61. The van der Waals surface area contributed by atoms with Gasteiger partial charge in [-0.2, -0.15) is 0 Å². The highest BCUT2D eigenvalue weighted by molar-refractivity contribution is 9.10. The molecule has 0 spiro atoms. The molecule has 0 saturated carbocycles. The number of carbonyl (C=O) groups is 1. The molecule has 0 bridgehead atoms. The summed E-state index contributed by atoms with van der Waals surface area (Å²) in [6, 6.07) is 6.52. The van der Waals surface area contributed by atoms with E-state index >= 15 is 0 Å². The lowest BCUT2D eigenvalue weighted by atomic mass is 9.91. The van der Waals surface area contributed by atoms with Crippen LogP contribution in [0.5, 0.6) is 0 Å². The van der Waals surface area contributed by atoms with Gasteiger partial charge in [0.05, 0.1) is 6.61 Å². The van der Waals surface area contributed by atoms with Crippen molar-refractivity contribution in [2.45, 2.75) is 25.6 Å². The zero-order chi connectivity index (χ0) is 13.1. The van der Waals surface area contributed by atoms with Gasteiger partial charge in [-0.05, 0) is 31.5 Å². The van der Waals surface area contributed by atoms with Crippen LogP contribution in [0.4, 0.5) is 4.39 Å². The lowest BCUT2D eigenvalue weighted by Crippen LogP contribution is -2.40. The van der Waals surface area contributed by atoms with Gasteiger partial charge in [0, 0.05) is 4.47 Å². The first-order valence-corrected chi connectivity index (χ1v) is 5.98. The average molecular weight is 305 g/mol. The molecule has 0 amide bonds. The third kappa shape index (κ3) is 3.26. The molecular weight excluding hydrogens is 291 g/mol. The van der Waals surface area contributed by atoms with Gasteiger partial charge in [0.25, 0.3) is 0 Å². The second-order valence-electron chi connectivity index (χ2n) is 3.77. The number of hydrogen-bond acceptors (Lipinski definition) is 3. The van der Waals surface area contributed by atoms with Crippen LogP contribution in [0.1, 0.15) is 19.4 Å². The largest absolute Gasteiger partial charge is 0.464 e. The van der Waals surface area contributed by atoms with Gasteiger partial charge in [-0.15, -0.1) is 0 Å². The summed E-state index contributed by atoms with van der Waals surface area (Å²) >= 11 is 3.22. The van der Waals surface area contributed by atoms with Gasteiger partial charge in [0.2, 0.25) is 6.17 Å². The fourth-order valence-corrected chi connectivity index (χ4v) is 1.79. The molecule has 0 fully saturated rings. The van der Waals surface area contributed by atoms with Gasteiger partial charge < -0.3 is 9.84 Å². The van der Waals surface area contributed by atoms with Crippen LogP contribution in [0, 0.1) is 0 Å². The van der Waals surface area contributed by atoms with Crippen molar-refractivity contribution < 1.29 is 19.0 Å². The first kappa shape index (κ1) is 14.1. The minimum absolute atomic E-state index is 0.0772. The van der Waals surface area contributed by atoms with E-state index in [4.69, 9.17) is 0 Å². The topological polar surface area (TPSA) is 46.5 Å². The van der Waals surface area contributed by atoms with Crippen molar-refractivity contribution >= 4 is 21.9 Å². The van der Waals surface area contributed by atoms with Crippen molar-refractivity contribution in [3.05, 3.63) is 34.3 Å². The Bertz CT molecular complexity index is 406. The van der Waals surface area contributed by atoms with E-state index in [1.54, 1.807) is 31.2 Å². The molecular formula is C12H14BrFO3. The molecule has 1 rings (SSSR count). The van der Waals surface area contributed by atoms with E-state index in [1.807, 2.05) is 0 Å². The Labute approximate surface area is 108 Å². The number of esters is 1. The predicted molar refractivity (Wildman–Crippen MR) is 65.2 cm³/mol. The molecule has 94 valence electrons. The quantitative estimate of drug-likeness (QED) is 0.870. The molecule has 3 nitrogen and oxygen atoms in total. The van der Waals surface area contributed by atoms with Gasteiger partial charge in [-0.3, -0.25) is 0 Å². The van der Waals surface area contributed by atoms with Crippen molar-refractivity contribution in [3.63, 3.8) is 0 Å². The summed E-state index contributed by atoms with van der Waals surface area (Å²) in [7, 11) is 0. The van der Waals surface area contributed by atoms with Crippen LogP contribution in [0.3, 0.4) is 0 Å². The van der Waals surface area contributed by atoms with Gasteiger partial charge >= 0.3 is 5.97 Å². The SMILES string of the molecule is CCOC(=O)C(F)C(C)(O)c1cccc(Br)c1. The third-order valence-corrected chi connectivity index (χ3v) is 2.89. The lowest BCUT2D eigenvalue weighted by Gasteiger charge is -2.26. The molecule has 0 aliphatic rings. The number of alkyl halides is 1. The number of benzene rings is 1. The summed E-state index contributed by atoms with van der Waals surface area (Å²) < 4.78 is 19.1. The minimum atomic E-state index is -2.11. The number of halogens is 2. The van der Waals surface area contributed by atoms with Crippen LogP contribution in [-0.4, -0.2) is 23.9 Å². The molecule has 0 heterocycles. The molecule has 0 aliphatic carbocycles. The van der Waals surface area contributed by atoms with Crippen LogP contribution >= 0.6 is 15.9 Å². The van der Waals surface area contributed by atoms with E-state index in [9.17, 15) is 14.3 Å². The average Bonchev–Trinajstić information content (AvgIpc) is 2.28. The van der Waals surface area contributed by atoms with Crippen LogP contribution < -0.4 is 0 Å². The maximum absolute atomic E-state index is 13.8. The van der Waals surface area contributed by atoms with Gasteiger partial charge in [-0.25, -0.2) is 9.18 Å². The summed E-state index contributed by atoms with van der Waals surface area (Å²) in [5.74, 6) is -1.06. The second kappa shape index (κ2) is 5.60. The summed E-state index contributed by atoms with van der Waals surface area (Å²) in [5, 5.41) is 10.1. The normalized spacial score (nSPS) is 16.1. The van der Waals surface area contributed by atoms with Crippen molar-refractivity contribution in [3.8, 4) is 0 Å². The summed E-state index contributed by atoms with van der Waals surface area (Å²) in [4.78, 5) is 11.3. The number of ether oxygens (including phenoxy) is 1. The summed E-state index contributed by atoms with van der Waals surface area (Å²) in [5.41, 5.74) is -1.59. The fraction of sp³-hybridized carbons (Fsp3) is 0.417. The number of hydrogen-bond donors (Lipinski definition) is 1. The fourth-order valence-electron chi connectivity index (χ4n) is 1.39. The molecule has 0 aromatic heterocycles. The van der Waals surface area contributed by atoms with Gasteiger partial charge in [-0.1, -0.05) is 28.1 Å². The molecule has 0 aliphatic heterocycles. The van der Waals surface area contributed by atoms with E-state index in [2.05, 4.69) is 20.7 Å². The summed E-state index contributed by atoms with van der Waals surface area (Å²) in [6.45, 7) is 2.91. The molecule has 0 saturated heterocycles. The van der Waals surface area contributed by atoms with Crippen molar-refractivity contribution in [1.82, 2.24) is 0 Å². The lowest BCUT2D eigenvalue weighted by molar-refractivity contribution is -0.160. The third-order valence-electron chi connectivity index (χ3n) is 2.40. The Morgan fingerprint density at radius 2 is 2.29 bits per heavy atom. The van der Waals surface area contributed by atoms with Crippen molar-refractivity contribution in [1.29, 1.82) is 0 Å². The Kier molecular flexibility index (Phi) is 4.65. The first-order chi connectivity index (χ1) is 7.89. The van der Waals surface area contributed by atoms with E-state index in [0.717, 1.165) is 0 Å². The highest BCUT2D eigenvalue weighted by Crippen LogP contribution is 2.29. The Morgan fingerprint density at radius 3 is 2.82 bits per heavy atom. The minimum Gasteiger partial charge on any atom is -0.464 e. The Hall–Kier alpha value is -0.940. The maximum atomic E-state index is 13.8. The van der Waals surface area contributed by atoms with Gasteiger partial charge in [0.1, 0.15) is 5.60 Å². The van der Waals surface area contributed by atoms with E-state index in [-0.39, 0.29) is 6.61 Å². The van der Waals surface area contributed by atoms with E-state index in [0.29, 0.717) is 10.0 Å². The standard InChI is InChI=1S/C12H14BrFO3/c1-3-17-11(15)10(14)12(2,16)8-5-4-6-9(13)7-8/h4-7,10,16H,3H2,1-2H3. The van der Waals surface area contributed by atoms with Crippen LogP contribution in [0.2, 0.25) is 0 Å². The van der Waals surface area contributed by atoms with Crippen LogP contribution in [0.25, 0.3) is 0 Å². The van der Waals surface area contributed by atoms with Crippen LogP contribution in [-0.2, 0) is 15.1 Å². The smallest absolute Gasteiger partial charge is 0.344 e. The molecule has 0 radical (unpaired) electrons. The molecule has 5 heteroatoms. The Balaban J connectivity index is 2.97. The monoisotopic (exact) mass is 304 g/mol. The maximum Gasteiger partial charge on any atom is 0.344 e. The van der Waals surface area contributed by atoms with Crippen molar-refractivity contribution in [2.75, 3.05) is 6.61 Å². The predicted octanol–water partition coefficient (Wildman–Crippen LogP) is 2.56. The van der Waals surface area contributed by atoms with E-state index < -0.39 is 17.7 Å². The molecule has 17 heavy (non-hydrogen) atoms. The van der Waals surface area contributed by atoms with Crippen molar-refractivity contribution in [2.24, 2.45) is 0 Å². The molecule has 2 unspecified atom stereocenters. The molecule has 2 atom stereocenters. The molecule has 1 aromatic rings. The highest BCUT2D eigenvalue weighted by Gasteiger charge is 2.40. The zero-order valence-corrected chi connectivity index (χ0v) is 11.2. The molecule has 1 aromatic carbocycles. The van der Waals surface area contributed by atoms with Crippen LogP contribution in [0.15, 0.2) is 28.7 Å². The Morgan fingerprint density at radius 1 is 1.65 bits per heavy atom. The summed E-state index contributed by atoms with van der Waals surface area (Å²) in [6.07, 6.45) is -2.11. The number of carbonyl (C=O) groups excluding carboxylic acids is 1. The van der Waals surface area contributed by atoms with Gasteiger partial charge in [0.15, 0.2) is 0 Å². The highest BCUT2D eigenvalue weighted by atomic mass is 79.9. The first-order valence-electron chi connectivity index (χ1n) is 5.18. The number of aliphatic hydroxyl groups is 1.